The summed E-state index contributed by atoms with van der Waals surface area (Å²) in [4.78, 5) is 23.9. The van der Waals surface area contributed by atoms with Crippen LogP contribution in [-0.2, 0) is 11.2 Å². The molecule has 0 unspecified atom stereocenters. The maximum atomic E-state index is 12.0. The second-order valence-electron chi connectivity index (χ2n) is 5.12. The minimum Gasteiger partial charge on any atom is -0.273 e. The number of hydrogen-bond donors (Lipinski definition) is 2. The largest absolute Gasteiger partial charge is 0.273 e. The van der Waals surface area contributed by atoms with E-state index in [4.69, 9.17) is 0 Å². The van der Waals surface area contributed by atoms with Gasteiger partial charge in [-0.1, -0.05) is 45.8 Å². The lowest BCUT2D eigenvalue weighted by molar-refractivity contribution is -0.121. The molecule has 114 valence electrons. The number of hydrazine groups is 1. The Morgan fingerprint density at radius 1 is 1.00 bits per heavy atom. The molecule has 4 nitrogen and oxygen atoms in total. The van der Waals surface area contributed by atoms with Crippen molar-refractivity contribution < 1.29 is 9.59 Å². The first-order valence-corrected chi connectivity index (χ1v) is 7.66. The molecule has 2 amide bonds. The fraction of sp³-hybridized carbons (Fsp3) is 0.176. The third-order valence-corrected chi connectivity index (χ3v) is 3.75. The van der Waals surface area contributed by atoms with Crippen molar-refractivity contribution in [3.8, 4) is 0 Å². The van der Waals surface area contributed by atoms with Crippen LogP contribution in [0.5, 0.6) is 0 Å². The lowest BCUT2D eigenvalue weighted by atomic mass is 10.1. The molecular weight excluding hydrogens is 344 g/mol. The normalized spacial score (nSPS) is 10.1. The number of nitrogens with one attached hydrogen (secondary N) is 2. The van der Waals surface area contributed by atoms with E-state index in [2.05, 4.69) is 26.8 Å². The van der Waals surface area contributed by atoms with Crippen molar-refractivity contribution in [1.29, 1.82) is 0 Å². The van der Waals surface area contributed by atoms with Gasteiger partial charge in [-0.15, -0.1) is 0 Å². The summed E-state index contributed by atoms with van der Waals surface area (Å²) >= 11 is 3.34. The van der Waals surface area contributed by atoms with E-state index in [-0.39, 0.29) is 18.2 Å². The summed E-state index contributed by atoms with van der Waals surface area (Å²) in [6.07, 6.45) is 0.209. The molecule has 0 bridgehead atoms. The number of rotatable bonds is 3. The minimum absolute atomic E-state index is 0.209. The molecule has 0 heterocycles. The summed E-state index contributed by atoms with van der Waals surface area (Å²) in [5, 5.41) is 0. The lowest BCUT2D eigenvalue weighted by Gasteiger charge is -2.10. The Morgan fingerprint density at radius 3 is 2.32 bits per heavy atom. The molecule has 0 spiro atoms. The fourth-order valence-electron chi connectivity index (χ4n) is 2.09. The molecule has 0 aliphatic rings. The molecule has 2 N–H and O–H groups in total. The van der Waals surface area contributed by atoms with E-state index >= 15 is 0 Å². The van der Waals surface area contributed by atoms with Crippen LogP contribution in [0.15, 0.2) is 46.9 Å². The Balaban J connectivity index is 1.90. The fourth-order valence-corrected chi connectivity index (χ4v) is 2.36. The van der Waals surface area contributed by atoms with E-state index < -0.39 is 0 Å². The predicted molar refractivity (Wildman–Crippen MR) is 89.4 cm³/mol. The summed E-state index contributed by atoms with van der Waals surface area (Å²) in [5.74, 6) is -0.581. The molecule has 0 saturated carbocycles. The van der Waals surface area contributed by atoms with Crippen molar-refractivity contribution in [3.63, 3.8) is 0 Å². The molecule has 0 aromatic heterocycles. The summed E-state index contributed by atoms with van der Waals surface area (Å²) in [6.45, 7) is 3.83. The topological polar surface area (TPSA) is 58.2 Å². The Morgan fingerprint density at radius 2 is 1.68 bits per heavy atom. The number of carbonyl (C=O) groups excluding carboxylic acids is 2. The molecule has 2 aromatic carbocycles. The number of amides is 2. The molecule has 2 rings (SSSR count). The molecule has 0 atom stereocenters. The average Bonchev–Trinajstić information content (AvgIpc) is 2.47. The number of halogens is 1. The SMILES string of the molecule is Cc1ccc(C(=O)NNC(=O)Cc2ccc(Br)cc2)c(C)c1. The zero-order chi connectivity index (χ0) is 16.1. The van der Waals surface area contributed by atoms with Crippen LogP contribution in [0.3, 0.4) is 0 Å². The van der Waals surface area contributed by atoms with Gasteiger partial charge in [0.15, 0.2) is 0 Å². The van der Waals surface area contributed by atoms with Gasteiger partial charge >= 0.3 is 0 Å². The summed E-state index contributed by atoms with van der Waals surface area (Å²) in [6, 6.07) is 13.0. The van der Waals surface area contributed by atoms with Crippen LogP contribution in [0.2, 0.25) is 0 Å². The predicted octanol–water partition coefficient (Wildman–Crippen LogP) is 3.07. The lowest BCUT2D eigenvalue weighted by Crippen LogP contribution is -2.42. The van der Waals surface area contributed by atoms with Crippen LogP contribution < -0.4 is 10.9 Å². The van der Waals surface area contributed by atoms with Crippen LogP contribution in [0.25, 0.3) is 0 Å². The third-order valence-electron chi connectivity index (χ3n) is 3.22. The molecule has 0 radical (unpaired) electrons. The van der Waals surface area contributed by atoms with Crippen LogP contribution >= 0.6 is 15.9 Å². The van der Waals surface area contributed by atoms with E-state index in [9.17, 15) is 9.59 Å². The standard InChI is InChI=1S/C17H17BrN2O2/c1-11-3-8-15(12(2)9-11)17(22)20-19-16(21)10-13-4-6-14(18)7-5-13/h3-9H,10H2,1-2H3,(H,19,21)(H,20,22). The average molecular weight is 361 g/mol. The van der Waals surface area contributed by atoms with Gasteiger partial charge in [0.1, 0.15) is 0 Å². The number of hydrogen-bond acceptors (Lipinski definition) is 2. The Labute approximate surface area is 138 Å². The molecule has 2 aromatic rings. The first kappa shape index (κ1) is 16.2. The van der Waals surface area contributed by atoms with E-state index in [0.717, 1.165) is 21.2 Å². The summed E-state index contributed by atoms with van der Waals surface area (Å²) in [5.41, 5.74) is 8.27. The maximum Gasteiger partial charge on any atom is 0.269 e. The smallest absolute Gasteiger partial charge is 0.269 e. The molecule has 5 heteroatoms. The van der Waals surface area contributed by atoms with Crippen molar-refractivity contribution in [3.05, 3.63) is 69.2 Å². The maximum absolute atomic E-state index is 12.0. The zero-order valence-corrected chi connectivity index (χ0v) is 14.0. The molecule has 0 aliphatic heterocycles. The number of carbonyl (C=O) groups is 2. The first-order valence-electron chi connectivity index (χ1n) is 6.86. The van der Waals surface area contributed by atoms with Gasteiger partial charge in [0.05, 0.1) is 6.42 Å². The van der Waals surface area contributed by atoms with Crippen molar-refractivity contribution in [2.45, 2.75) is 20.3 Å². The van der Waals surface area contributed by atoms with Crippen LogP contribution in [-0.4, -0.2) is 11.8 Å². The summed E-state index contributed by atoms with van der Waals surface area (Å²) in [7, 11) is 0. The van der Waals surface area contributed by atoms with E-state index in [1.807, 2.05) is 50.2 Å². The van der Waals surface area contributed by atoms with Crippen molar-refractivity contribution in [1.82, 2.24) is 10.9 Å². The zero-order valence-electron chi connectivity index (χ0n) is 12.4. The highest BCUT2D eigenvalue weighted by molar-refractivity contribution is 9.10. The Kier molecular flexibility index (Phi) is 5.33. The van der Waals surface area contributed by atoms with Crippen molar-refractivity contribution >= 4 is 27.7 Å². The first-order chi connectivity index (χ1) is 10.5. The van der Waals surface area contributed by atoms with Gasteiger partial charge in [-0.05, 0) is 43.2 Å². The third kappa shape index (κ3) is 4.43. The number of aryl methyl sites for hydroxylation is 2. The summed E-state index contributed by atoms with van der Waals surface area (Å²) < 4.78 is 0.958. The Bertz CT molecular complexity index is 696. The molecule has 0 saturated heterocycles. The number of benzene rings is 2. The van der Waals surface area contributed by atoms with Gasteiger partial charge in [-0.3, -0.25) is 20.4 Å². The quantitative estimate of drug-likeness (QED) is 0.826. The molecule has 0 aliphatic carbocycles. The van der Waals surface area contributed by atoms with Crippen LogP contribution in [0, 0.1) is 13.8 Å². The second kappa shape index (κ2) is 7.22. The monoisotopic (exact) mass is 360 g/mol. The highest BCUT2D eigenvalue weighted by Crippen LogP contribution is 2.11. The van der Waals surface area contributed by atoms with Gasteiger partial charge < -0.3 is 0 Å². The van der Waals surface area contributed by atoms with Gasteiger partial charge in [-0.25, -0.2) is 0 Å². The van der Waals surface area contributed by atoms with Crippen LogP contribution in [0.1, 0.15) is 27.0 Å². The minimum atomic E-state index is -0.318. The van der Waals surface area contributed by atoms with Gasteiger partial charge in [0.25, 0.3) is 5.91 Å². The van der Waals surface area contributed by atoms with E-state index in [1.165, 1.54) is 0 Å². The molecule has 0 fully saturated rings. The van der Waals surface area contributed by atoms with Crippen molar-refractivity contribution in [2.24, 2.45) is 0 Å². The highest BCUT2D eigenvalue weighted by Gasteiger charge is 2.10. The van der Waals surface area contributed by atoms with Crippen LogP contribution in [0.4, 0.5) is 0 Å². The van der Waals surface area contributed by atoms with E-state index in [0.29, 0.717) is 5.56 Å². The molecular formula is C17H17BrN2O2. The highest BCUT2D eigenvalue weighted by atomic mass is 79.9. The Hall–Kier alpha value is -2.14. The van der Waals surface area contributed by atoms with Gasteiger partial charge in [0.2, 0.25) is 5.91 Å². The van der Waals surface area contributed by atoms with Crippen molar-refractivity contribution in [2.75, 3.05) is 0 Å². The van der Waals surface area contributed by atoms with Gasteiger partial charge in [0, 0.05) is 10.0 Å². The van der Waals surface area contributed by atoms with E-state index in [1.54, 1.807) is 6.07 Å². The second-order valence-corrected chi connectivity index (χ2v) is 6.04. The molecule has 22 heavy (non-hydrogen) atoms. The van der Waals surface area contributed by atoms with Gasteiger partial charge in [-0.2, -0.15) is 0 Å².